The number of hydrogen-bond donors (Lipinski definition) is 2. The van der Waals surface area contributed by atoms with Crippen LogP contribution in [0.15, 0.2) is 0 Å². The van der Waals surface area contributed by atoms with E-state index in [-0.39, 0.29) is 12.5 Å². The van der Waals surface area contributed by atoms with Crippen LogP contribution in [0.2, 0.25) is 0 Å². The molecule has 0 radical (unpaired) electrons. The zero-order valence-corrected chi connectivity index (χ0v) is 11.7. The molecule has 1 aliphatic rings. The van der Waals surface area contributed by atoms with E-state index in [1.54, 1.807) is 0 Å². The molecule has 0 saturated carbocycles. The van der Waals surface area contributed by atoms with E-state index in [0.29, 0.717) is 12.5 Å². The second-order valence-corrected chi connectivity index (χ2v) is 5.93. The first-order valence-corrected chi connectivity index (χ1v) is 6.51. The van der Waals surface area contributed by atoms with E-state index in [9.17, 15) is 9.59 Å². The quantitative estimate of drug-likeness (QED) is 0.785. The van der Waals surface area contributed by atoms with Gasteiger partial charge in [-0.2, -0.15) is 0 Å². The van der Waals surface area contributed by atoms with Crippen LogP contribution in [0.3, 0.4) is 0 Å². The molecular formula is C13H24N2O3. The molecule has 1 saturated heterocycles. The van der Waals surface area contributed by atoms with Crippen LogP contribution in [0.1, 0.15) is 34.1 Å². The van der Waals surface area contributed by atoms with Crippen LogP contribution in [0.5, 0.6) is 0 Å². The summed E-state index contributed by atoms with van der Waals surface area (Å²) in [6, 6.07) is 0. The molecule has 18 heavy (non-hydrogen) atoms. The van der Waals surface area contributed by atoms with E-state index in [0.717, 1.165) is 13.0 Å². The highest BCUT2D eigenvalue weighted by Gasteiger charge is 2.40. The third-order valence-corrected chi connectivity index (χ3v) is 3.62. The van der Waals surface area contributed by atoms with E-state index in [2.05, 4.69) is 19.2 Å². The number of carboxylic acids is 1. The third kappa shape index (κ3) is 3.45. The van der Waals surface area contributed by atoms with Crippen molar-refractivity contribution in [1.29, 1.82) is 0 Å². The van der Waals surface area contributed by atoms with Crippen molar-refractivity contribution in [2.45, 2.75) is 39.7 Å². The Morgan fingerprint density at radius 1 is 1.56 bits per heavy atom. The van der Waals surface area contributed by atoms with Gasteiger partial charge in [-0.3, -0.25) is 14.5 Å². The number of carbonyl (C=O) groups is 2. The summed E-state index contributed by atoms with van der Waals surface area (Å²) in [5, 5.41) is 11.9. The topological polar surface area (TPSA) is 69.6 Å². The number of carboxylic acid groups (broad SMARTS) is 1. The molecule has 2 N–H and O–H groups in total. The Bertz CT molecular complexity index is 326. The monoisotopic (exact) mass is 256 g/mol. The second kappa shape index (κ2) is 5.69. The van der Waals surface area contributed by atoms with Gasteiger partial charge in [0.1, 0.15) is 0 Å². The molecule has 1 amide bonds. The first kappa shape index (κ1) is 15.0. The van der Waals surface area contributed by atoms with Crippen molar-refractivity contribution in [3.8, 4) is 0 Å². The lowest BCUT2D eigenvalue weighted by atomic mass is 9.99. The van der Waals surface area contributed by atoms with Crippen molar-refractivity contribution >= 4 is 11.9 Å². The molecule has 1 atom stereocenters. The Hall–Kier alpha value is -1.10. The Kier molecular flexibility index (Phi) is 4.73. The summed E-state index contributed by atoms with van der Waals surface area (Å²) >= 11 is 0. The number of amides is 1. The first-order valence-electron chi connectivity index (χ1n) is 6.51. The van der Waals surface area contributed by atoms with Gasteiger partial charge in [0.15, 0.2) is 0 Å². The van der Waals surface area contributed by atoms with Crippen molar-refractivity contribution in [3.63, 3.8) is 0 Å². The largest absolute Gasteiger partial charge is 0.481 e. The maximum Gasteiger partial charge on any atom is 0.309 e. The predicted octanol–water partition coefficient (Wildman–Crippen LogP) is 0.944. The number of hydrogen-bond acceptors (Lipinski definition) is 3. The van der Waals surface area contributed by atoms with Crippen molar-refractivity contribution in [1.82, 2.24) is 10.2 Å². The van der Waals surface area contributed by atoms with Gasteiger partial charge in [0, 0.05) is 13.1 Å². The average molecular weight is 256 g/mol. The van der Waals surface area contributed by atoms with Gasteiger partial charge < -0.3 is 10.4 Å². The molecule has 104 valence electrons. The highest BCUT2D eigenvalue weighted by molar-refractivity contribution is 5.86. The first-order chi connectivity index (χ1) is 8.25. The molecule has 5 heteroatoms. The molecule has 1 heterocycles. The summed E-state index contributed by atoms with van der Waals surface area (Å²) < 4.78 is 0. The van der Waals surface area contributed by atoms with Gasteiger partial charge in [0.2, 0.25) is 5.91 Å². The Labute approximate surface area is 109 Å². The Balaban J connectivity index is 2.83. The van der Waals surface area contributed by atoms with Crippen molar-refractivity contribution in [3.05, 3.63) is 0 Å². The molecule has 1 fully saturated rings. The summed E-state index contributed by atoms with van der Waals surface area (Å²) in [7, 11) is 0. The number of rotatable bonds is 4. The van der Waals surface area contributed by atoms with Crippen LogP contribution in [-0.4, -0.2) is 47.1 Å². The molecule has 5 nitrogen and oxygen atoms in total. The zero-order chi connectivity index (χ0) is 13.9. The summed E-state index contributed by atoms with van der Waals surface area (Å²) in [6.07, 6.45) is 0.961. The molecule has 0 aromatic rings. The maximum absolute atomic E-state index is 12.0. The standard InChI is InChI=1S/C13H24N2O3/c1-9(2)5-6-15-8-10(11(16)17)7-14-12(18)13(15,3)4/h9-10H,5-8H2,1-4H3,(H,14,18)(H,16,17). The predicted molar refractivity (Wildman–Crippen MR) is 69.2 cm³/mol. The second-order valence-electron chi connectivity index (χ2n) is 5.93. The maximum atomic E-state index is 12.0. The fraction of sp³-hybridized carbons (Fsp3) is 0.846. The molecule has 1 unspecified atom stereocenters. The normalized spacial score (nSPS) is 24.7. The summed E-state index contributed by atoms with van der Waals surface area (Å²) in [4.78, 5) is 25.1. The van der Waals surface area contributed by atoms with Crippen molar-refractivity contribution < 1.29 is 14.7 Å². The third-order valence-electron chi connectivity index (χ3n) is 3.62. The zero-order valence-electron chi connectivity index (χ0n) is 11.7. The summed E-state index contributed by atoms with van der Waals surface area (Å²) in [6.45, 7) is 9.35. The molecule has 0 bridgehead atoms. The number of aliphatic carboxylic acids is 1. The molecule has 0 spiro atoms. The molecule has 1 aliphatic heterocycles. The lowest BCUT2D eigenvalue weighted by molar-refractivity contribution is -0.142. The van der Waals surface area contributed by atoms with Crippen LogP contribution in [0.25, 0.3) is 0 Å². The van der Waals surface area contributed by atoms with E-state index in [1.807, 2.05) is 18.7 Å². The van der Waals surface area contributed by atoms with E-state index >= 15 is 0 Å². The van der Waals surface area contributed by atoms with Gasteiger partial charge >= 0.3 is 5.97 Å². The van der Waals surface area contributed by atoms with Gasteiger partial charge in [-0.25, -0.2) is 0 Å². The van der Waals surface area contributed by atoms with Gasteiger partial charge in [-0.05, 0) is 32.7 Å². The minimum atomic E-state index is -0.845. The number of carbonyl (C=O) groups excluding carboxylic acids is 1. The highest BCUT2D eigenvalue weighted by Crippen LogP contribution is 2.21. The SMILES string of the molecule is CC(C)CCN1CC(C(=O)O)CNC(=O)C1(C)C. The molecule has 0 aliphatic carbocycles. The molecule has 1 rings (SSSR count). The van der Waals surface area contributed by atoms with Crippen LogP contribution in [0, 0.1) is 11.8 Å². The number of nitrogens with zero attached hydrogens (tertiary/aromatic N) is 1. The molecule has 0 aromatic carbocycles. The van der Waals surface area contributed by atoms with E-state index in [4.69, 9.17) is 5.11 Å². The fourth-order valence-electron chi connectivity index (χ4n) is 2.08. The van der Waals surface area contributed by atoms with E-state index in [1.165, 1.54) is 0 Å². The minimum absolute atomic E-state index is 0.0880. The minimum Gasteiger partial charge on any atom is -0.481 e. The van der Waals surface area contributed by atoms with Crippen LogP contribution in [0.4, 0.5) is 0 Å². The van der Waals surface area contributed by atoms with Gasteiger partial charge in [-0.1, -0.05) is 13.8 Å². The smallest absolute Gasteiger partial charge is 0.309 e. The van der Waals surface area contributed by atoms with Gasteiger partial charge in [0.05, 0.1) is 11.5 Å². The van der Waals surface area contributed by atoms with Crippen molar-refractivity contribution in [2.75, 3.05) is 19.6 Å². The van der Waals surface area contributed by atoms with Crippen LogP contribution >= 0.6 is 0 Å². The van der Waals surface area contributed by atoms with Crippen LogP contribution in [-0.2, 0) is 9.59 Å². The van der Waals surface area contributed by atoms with Gasteiger partial charge in [0.25, 0.3) is 0 Å². The molecule has 0 aromatic heterocycles. The lowest BCUT2D eigenvalue weighted by Gasteiger charge is -2.36. The average Bonchev–Trinajstić information content (AvgIpc) is 2.35. The fourth-order valence-corrected chi connectivity index (χ4v) is 2.08. The lowest BCUT2D eigenvalue weighted by Crippen LogP contribution is -2.53. The van der Waals surface area contributed by atoms with Crippen molar-refractivity contribution in [2.24, 2.45) is 11.8 Å². The highest BCUT2D eigenvalue weighted by atomic mass is 16.4. The molecular weight excluding hydrogens is 232 g/mol. The summed E-state index contributed by atoms with van der Waals surface area (Å²) in [5.74, 6) is -0.921. The Morgan fingerprint density at radius 2 is 2.17 bits per heavy atom. The summed E-state index contributed by atoms with van der Waals surface area (Å²) in [5.41, 5.74) is -0.640. The van der Waals surface area contributed by atoms with E-state index < -0.39 is 17.4 Å². The Morgan fingerprint density at radius 3 is 2.67 bits per heavy atom. The van der Waals surface area contributed by atoms with Crippen LogP contribution < -0.4 is 5.32 Å². The van der Waals surface area contributed by atoms with Gasteiger partial charge in [-0.15, -0.1) is 0 Å². The number of nitrogens with one attached hydrogen (secondary N) is 1.